The molecule has 2 heterocycles. The van der Waals surface area contributed by atoms with E-state index in [9.17, 15) is 18.0 Å². The van der Waals surface area contributed by atoms with Crippen molar-refractivity contribution in [3.05, 3.63) is 29.8 Å². The second kappa shape index (κ2) is 8.08. The van der Waals surface area contributed by atoms with E-state index in [2.05, 4.69) is 4.72 Å². The lowest BCUT2D eigenvalue weighted by atomic mass is 9.78. The van der Waals surface area contributed by atoms with Crippen LogP contribution in [-0.2, 0) is 26.2 Å². The highest BCUT2D eigenvalue weighted by atomic mass is 32.2. The van der Waals surface area contributed by atoms with E-state index < -0.39 is 15.4 Å². The number of nitrogens with zero attached hydrogens (tertiary/aromatic N) is 2. The summed E-state index contributed by atoms with van der Waals surface area (Å²) in [5, 5.41) is 0. The predicted octanol–water partition coefficient (Wildman–Crippen LogP) is 0.586. The Balaban J connectivity index is 1.65. The van der Waals surface area contributed by atoms with Crippen LogP contribution in [0.5, 0.6) is 5.75 Å². The summed E-state index contributed by atoms with van der Waals surface area (Å²) in [5.41, 5.74) is 0.450. The van der Waals surface area contributed by atoms with Gasteiger partial charge in [-0.1, -0.05) is 12.1 Å². The van der Waals surface area contributed by atoms with Crippen LogP contribution in [0.3, 0.4) is 0 Å². The number of hydrogen-bond acceptors (Lipinski definition) is 5. The van der Waals surface area contributed by atoms with Crippen LogP contribution in [0.4, 0.5) is 0 Å². The molecule has 0 radical (unpaired) electrons. The first-order valence-corrected chi connectivity index (χ1v) is 11.3. The zero-order valence-electron chi connectivity index (χ0n) is 16.3. The zero-order valence-corrected chi connectivity index (χ0v) is 17.1. The quantitative estimate of drug-likeness (QED) is 0.742. The fourth-order valence-electron chi connectivity index (χ4n) is 4.06. The van der Waals surface area contributed by atoms with Crippen molar-refractivity contribution < 1.29 is 22.7 Å². The van der Waals surface area contributed by atoms with Gasteiger partial charge >= 0.3 is 0 Å². The average molecular weight is 410 g/mol. The number of benzene rings is 1. The van der Waals surface area contributed by atoms with Crippen molar-refractivity contribution in [2.75, 3.05) is 39.5 Å². The number of sulfonamides is 1. The number of carbonyl (C=O) groups is 2. The van der Waals surface area contributed by atoms with Gasteiger partial charge in [0.15, 0.2) is 0 Å². The third kappa shape index (κ3) is 4.64. The van der Waals surface area contributed by atoms with E-state index in [1.807, 2.05) is 29.2 Å². The molecule has 1 N–H and O–H groups in total. The molecule has 2 fully saturated rings. The molecule has 2 aliphatic heterocycles. The Morgan fingerprint density at radius 1 is 1.29 bits per heavy atom. The summed E-state index contributed by atoms with van der Waals surface area (Å²) in [5.74, 6) is 0.542. The van der Waals surface area contributed by atoms with E-state index in [1.54, 1.807) is 12.0 Å². The van der Waals surface area contributed by atoms with Crippen molar-refractivity contribution in [1.82, 2.24) is 14.5 Å². The summed E-state index contributed by atoms with van der Waals surface area (Å²) < 4.78 is 29.9. The number of ether oxygens (including phenoxy) is 1. The summed E-state index contributed by atoms with van der Waals surface area (Å²) >= 11 is 0. The maximum atomic E-state index is 13.2. The van der Waals surface area contributed by atoms with Crippen LogP contribution in [0.25, 0.3) is 0 Å². The van der Waals surface area contributed by atoms with E-state index in [4.69, 9.17) is 4.74 Å². The molecular formula is C19H27N3O5S. The van der Waals surface area contributed by atoms with Crippen molar-refractivity contribution in [3.8, 4) is 5.75 Å². The van der Waals surface area contributed by atoms with Crippen LogP contribution in [0.2, 0.25) is 0 Å². The highest BCUT2D eigenvalue weighted by molar-refractivity contribution is 7.88. The van der Waals surface area contributed by atoms with Gasteiger partial charge in [-0.2, -0.15) is 0 Å². The summed E-state index contributed by atoms with van der Waals surface area (Å²) in [6.07, 6.45) is 3.28. The van der Waals surface area contributed by atoms with Crippen molar-refractivity contribution in [1.29, 1.82) is 0 Å². The minimum absolute atomic E-state index is 0.0768. The van der Waals surface area contributed by atoms with Crippen LogP contribution in [0.1, 0.15) is 24.8 Å². The van der Waals surface area contributed by atoms with Gasteiger partial charge in [0.1, 0.15) is 5.75 Å². The fourth-order valence-corrected chi connectivity index (χ4v) is 4.45. The SMILES string of the molecule is COc1cccc(CN2CCCC3(CCN(C(=O)CNS(C)(=O)=O)C3)C2=O)c1. The molecule has 0 bridgehead atoms. The Kier molecular flexibility index (Phi) is 5.95. The van der Waals surface area contributed by atoms with E-state index in [1.165, 1.54) is 0 Å². The third-order valence-electron chi connectivity index (χ3n) is 5.52. The maximum absolute atomic E-state index is 13.2. The molecule has 2 aliphatic rings. The van der Waals surface area contributed by atoms with Gasteiger partial charge in [-0.25, -0.2) is 13.1 Å². The Morgan fingerprint density at radius 3 is 2.79 bits per heavy atom. The number of amides is 2. The molecule has 0 saturated carbocycles. The molecule has 8 nitrogen and oxygen atoms in total. The Labute approximate surface area is 165 Å². The first-order valence-electron chi connectivity index (χ1n) is 9.37. The minimum Gasteiger partial charge on any atom is -0.497 e. The van der Waals surface area contributed by atoms with E-state index in [0.29, 0.717) is 32.6 Å². The Bertz CT molecular complexity index is 857. The molecule has 1 aromatic carbocycles. The molecule has 2 amide bonds. The average Bonchev–Trinajstić information content (AvgIpc) is 3.08. The lowest BCUT2D eigenvalue weighted by molar-refractivity contribution is -0.146. The first-order chi connectivity index (χ1) is 13.2. The lowest BCUT2D eigenvalue weighted by Crippen LogP contribution is -2.50. The van der Waals surface area contributed by atoms with Gasteiger partial charge < -0.3 is 14.5 Å². The summed E-state index contributed by atoms with van der Waals surface area (Å²) in [4.78, 5) is 29.0. The number of hydrogen-bond donors (Lipinski definition) is 1. The summed E-state index contributed by atoms with van der Waals surface area (Å²) in [6, 6.07) is 7.67. The van der Waals surface area contributed by atoms with E-state index >= 15 is 0 Å². The van der Waals surface area contributed by atoms with Gasteiger partial charge in [0.2, 0.25) is 21.8 Å². The summed E-state index contributed by atoms with van der Waals surface area (Å²) in [7, 11) is -1.81. The standard InChI is InChI=1S/C19H27N3O5S/c1-27-16-6-3-5-15(11-16)13-21-9-4-7-19(18(21)24)8-10-22(14-19)17(23)12-20-28(2,25)26/h3,5-6,11,20H,4,7-10,12-14H2,1-2H3. The van der Waals surface area contributed by atoms with Crippen molar-refractivity contribution >= 4 is 21.8 Å². The van der Waals surface area contributed by atoms with E-state index in [0.717, 1.165) is 30.4 Å². The monoisotopic (exact) mass is 409 g/mol. The van der Waals surface area contributed by atoms with Gasteiger partial charge in [0.05, 0.1) is 25.3 Å². The summed E-state index contributed by atoms with van der Waals surface area (Å²) in [6.45, 7) is 1.77. The van der Waals surface area contributed by atoms with Crippen molar-refractivity contribution in [2.45, 2.75) is 25.8 Å². The number of piperidine rings is 1. The fraction of sp³-hybridized carbons (Fsp3) is 0.579. The van der Waals surface area contributed by atoms with Gasteiger partial charge in [-0.15, -0.1) is 0 Å². The normalized spacial score (nSPS) is 22.7. The smallest absolute Gasteiger partial charge is 0.237 e. The molecule has 0 aliphatic carbocycles. The first kappa shape index (κ1) is 20.6. The molecule has 28 heavy (non-hydrogen) atoms. The molecule has 9 heteroatoms. The Morgan fingerprint density at radius 2 is 2.07 bits per heavy atom. The maximum Gasteiger partial charge on any atom is 0.237 e. The predicted molar refractivity (Wildman–Crippen MR) is 104 cm³/mol. The highest BCUT2D eigenvalue weighted by Crippen LogP contribution is 2.40. The van der Waals surface area contributed by atoms with Gasteiger partial charge in [0.25, 0.3) is 0 Å². The van der Waals surface area contributed by atoms with E-state index in [-0.39, 0.29) is 18.4 Å². The highest BCUT2D eigenvalue weighted by Gasteiger charge is 2.49. The molecule has 1 spiro atoms. The van der Waals surface area contributed by atoms with Crippen LogP contribution in [-0.4, -0.2) is 69.6 Å². The molecule has 154 valence electrons. The van der Waals surface area contributed by atoms with Crippen LogP contribution in [0, 0.1) is 5.41 Å². The van der Waals surface area contributed by atoms with Gasteiger partial charge in [-0.05, 0) is 37.0 Å². The third-order valence-corrected chi connectivity index (χ3v) is 6.19. The number of rotatable bonds is 6. The molecule has 0 aromatic heterocycles. The van der Waals surface area contributed by atoms with Crippen LogP contribution in [0.15, 0.2) is 24.3 Å². The van der Waals surface area contributed by atoms with Crippen LogP contribution < -0.4 is 9.46 Å². The molecular weight excluding hydrogens is 382 g/mol. The number of carbonyl (C=O) groups excluding carboxylic acids is 2. The molecule has 3 rings (SSSR count). The van der Waals surface area contributed by atoms with Crippen molar-refractivity contribution in [2.24, 2.45) is 5.41 Å². The Hall–Kier alpha value is -2.13. The minimum atomic E-state index is -3.42. The molecule has 1 atom stereocenters. The number of methoxy groups -OCH3 is 1. The number of nitrogens with one attached hydrogen (secondary N) is 1. The van der Waals surface area contributed by atoms with Gasteiger partial charge in [0, 0.05) is 26.2 Å². The van der Waals surface area contributed by atoms with Crippen LogP contribution >= 0.6 is 0 Å². The second-order valence-electron chi connectivity index (χ2n) is 7.62. The number of likely N-dealkylation sites (tertiary alicyclic amines) is 2. The zero-order chi connectivity index (χ0) is 20.4. The lowest BCUT2D eigenvalue weighted by Gasteiger charge is -2.39. The molecule has 1 aromatic rings. The molecule has 1 unspecified atom stereocenters. The topological polar surface area (TPSA) is 96.0 Å². The largest absolute Gasteiger partial charge is 0.497 e. The second-order valence-corrected chi connectivity index (χ2v) is 9.45. The van der Waals surface area contributed by atoms with Gasteiger partial charge in [-0.3, -0.25) is 9.59 Å². The molecule has 2 saturated heterocycles. The van der Waals surface area contributed by atoms with Crippen molar-refractivity contribution in [3.63, 3.8) is 0 Å².